The third-order valence-corrected chi connectivity index (χ3v) is 6.17. The number of anilines is 2. The van der Waals surface area contributed by atoms with E-state index in [1.54, 1.807) is 12.1 Å². The van der Waals surface area contributed by atoms with Gasteiger partial charge in [0.15, 0.2) is 0 Å². The van der Waals surface area contributed by atoms with Crippen LogP contribution in [0.15, 0.2) is 65.6 Å². The van der Waals surface area contributed by atoms with E-state index in [9.17, 15) is 17.6 Å². The Bertz CT molecular complexity index is 1210. The van der Waals surface area contributed by atoms with E-state index < -0.39 is 15.8 Å². The summed E-state index contributed by atoms with van der Waals surface area (Å²) in [5.74, 6) is -0.497. The summed E-state index contributed by atoms with van der Waals surface area (Å²) in [7, 11) is -2.57. The zero-order valence-corrected chi connectivity index (χ0v) is 18.2. The molecule has 0 aromatic heterocycles. The summed E-state index contributed by atoms with van der Waals surface area (Å²) in [5.41, 5.74) is 3.69. The van der Waals surface area contributed by atoms with Crippen molar-refractivity contribution in [2.24, 2.45) is 0 Å². The minimum absolute atomic E-state index is 0.0971. The molecule has 0 heterocycles. The lowest BCUT2D eigenvalue weighted by molar-refractivity contribution is -0.115. The second-order valence-electron chi connectivity index (χ2n) is 7.12. The molecule has 162 valence electrons. The van der Waals surface area contributed by atoms with Crippen LogP contribution in [0.3, 0.4) is 0 Å². The molecule has 0 aliphatic carbocycles. The number of benzene rings is 3. The zero-order chi connectivity index (χ0) is 22.6. The molecule has 0 aliphatic heterocycles. The molecule has 0 fully saturated rings. The van der Waals surface area contributed by atoms with Gasteiger partial charge in [-0.25, -0.2) is 12.8 Å². The van der Waals surface area contributed by atoms with Crippen LogP contribution >= 0.6 is 0 Å². The summed E-state index contributed by atoms with van der Waals surface area (Å²) < 4.78 is 46.0. The van der Waals surface area contributed by atoms with E-state index in [-0.39, 0.29) is 28.7 Å². The normalized spacial score (nSPS) is 11.1. The van der Waals surface area contributed by atoms with Crippen LogP contribution < -0.4 is 14.8 Å². The van der Waals surface area contributed by atoms with Gasteiger partial charge in [-0.3, -0.25) is 9.52 Å². The Kier molecular flexibility index (Phi) is 6.60. The molecule has 1 amide bonds. The summed E-state index contributed by atoms with van der Waals surface area (Å²) in [4.78, 5) is 12.4. The molecule has 3 aromatic carbocycles. The molecule has 0 radical (unpaired) electrons. The molecule has 0 saturated heterocycles. The van der Waals surface area contributed by atoms with Gasteiger partial charge in [0.05, 0.1) is 24.1 Å². The number of carbonyl (C=O) groups excluding carboxylic acids is 1. The Labute approximate surface area is 181 Å². The van der Waals surface area contributed by atoms with Crippen molar-refractivity contribution < 1.29 is 22.3 Å². The van der Waals surface area contributed by atoms with Crippen molar-refractivity contribution in [3.63, 3.8) is 0 Å². The molecule has 8 heteroatoms. The Morgan fingerprint density at radius 2 is 1.68 bits per heavy atom. The van der Waals surface area contributed by atoms with E-state index in [1.165, 1.54) is 25.3 Å². The minimum atomic E-state index is -3.97. The Morgan fingerprint density at radius 1 is 0.968 bits per heavy atom. The summed E-state index contributed by atoms with van der Waals surface area (Å²) in [6.07, 6.45) is 0.184. The SMILES string of the molecule is COc1ccc(NC(=O)Cc2ccc(C)c(C)c2)cc1NS(=O)(=O)c1ccc(F)cc1. The van der Waals surface area contributed by atoms with Crippen LogP contribution in [0.25, 0.3) is 0 Å². The monoisotopic (exact) mass is 442 g/mol. The Balaban J connectivity index is 1.79. The van der Waals surface area contributed by atoms with Gasteiger partial charge in [0.1, 0.15) is 11.6 Å². The summed E-state index contributed by atoms with van der Waals surface area (Å²) >= 11 is 0. The van der Waals surface area contributed by atoms with Crippen molar-refractivity contribution >= 4 is 27.3 Å². The predicted molar refractivity (Wildman–Crippen MR) is 118 cm³/mol. The molecule has 3 aromatic rings. The van der Waals surface area contributed by atoms with Gasteiger partial charge in [0, 0.05) is 5.69 Å². The van der Waals surface area contributed by atoms with Crippen molar-refractivity contribution in [3.8, 4) is 5.75 Å². The number of halogens is 1. The molecule has 31 heavy (non-hydrogen) atoms. The lowest BCUT2D eigenvalue weighted by atomic mass is 10.0. The highest BCUT2D eigenvalue weighted by atomic mass is 32.2. The van der Waals surface area contributed by atoms with Crippen LogP contribution in [0.1, 0.15) is 16.7 Å². The molecular weight excluding hydrogens is 419 g/mol. The predicted octanol–water partition coefficient (Wildman–Crippen LogP) is 4.43. The van der Waals surface area contributed by atoms with Gasteiger partial charge in [-0.2, -0.15) is 0 Å². The van der Waals surface area contributed by atoms with Crippen molar-refractivity contribution in [1.82, 2.24) is 0 Å². The standard InChI is InChI=1S/C23H23FN2O4S/c1-15-4-5-17(12-16(15)2)13-23(27)25-19-8-11-22(30-3)21(14-19)26-31(28,29)20-9-6-18(24)7-10-20/h4-12,14,26H,13H2,1-3H3,(H,25,27). The molecule has 0 saturated carbocycles. The van der Waals surface area contributed by atoms with Gasteiger partial charge in [-0.15, -0.1) is 0 Å². The van der Waals surface area contributed by atoms with Gasteiger partial charge >= 0.3 is 0 Å². The Hall–Kier alpha value is -3.39. The second-order valence-corrected chi connectivity index (χ2v) is 8.80. The lowest BCUT2D eigenvalue weighted by Gasteiger charge is -2.14. The van der Waals surface area contributed by atoms with Gasteiger partial charge in [-0.05, 0) is 73.0 Å². The van der Waals surface area contributed by atoms with Gasteiger partial charge < -0.3 is 10.1 Å². The second kappa shape index (κ2) is 9.18. The first-order valence-electron chi connectivity index (χ1n) is 9.50. The van der Waals surface area contributed by atoms with E-state index >= 15 is 0 Å². The van der Waals surface area contributed by atoms with E-state index in [1.807, 2.05) is 32.0 Å². The van der Waals surface area contributed by atoms with Crippen LogP contribution in [0.2, 0.25) is 0 Å². The van der Waals surface area contributed by atoms with E-state index in [4.69, 9.17) is 4.74 Å². The largest absolute Gasteiger partial charge is 0.495 e. The molecule has 0 unspecified atom stereocenters. The van der Waals surface area contributed by atoms with Crippen molar-refractivity contribution in [3.05, 3.63) is 83.2 Å². The minimum Gasteiger partial charge on any atom is -0.495 e. The van der Waals surface area contributed by atoms with Gasteiger partial charge in [0.25, 0.3) is 10.0 Å². The number of carbonyl (C=O) groups is 1. The highest BCUT2D eigenvalue weighted by Gasteiger charge is 2.17. The van der Waals surface area contributed by atoms with E-state index in [2.05, 4.69) is 10.0 Å². The van der Waals surface area contributed by atoms with Gasteiger partial charge in [-0.1, -0.05) is 18.2 Å². The summed E-state index contributed by atoms with van der Waals surface area (Å²) in [6.45, 7) is 3.99. The topological polar surface area (TPSA) is 84.5 Å². The third-order valence-electron chi connectivity index (χ3n) is 4.79. The number of amides is 1. The molecule has 2 N–H and O–H groups in total. The number of hydrogen-bond donors (Lipinski definition) is 2. The average Bonchev–Trinajstić information content (AvgIpc) is 2.71. The molecule has 0 aliphatic rings. The highest BCUT2D eigenvalue weighted by molar-refractivity contribution is 7.92. The number of nitrogens with one attached hydrogen (secondary N) is 2. The van der Waals surface area contributed by atoms with Crippen LogP contribution in [-0.4, -0.2) is 21.4 Å². The first-order chi connectivity index (χ1) is 14.7. The quantitative estimate of drug-likeness (QED) is 0.567. The first kappa shape index (κ1) is 22.3. The number of rotatable bonds is 7. The number of ether oxygens (including phenoxy) is 1. The van der Waals surface area contributed by atoms with Crippen LogP contribution in [-0.2, 0) is 21.2 Å². The van der Waals surface area contributed by atoms with Gasteiger partial charge in [0.2, 0.25) is 5.91 Å². The molecule has 3 rings (SSSR count). The maximum absolute atomic E-state index is 13.1. The smallest absolute Gasteiger partial charge is 0.262 e. The van der Waals surface area contributed by atoms with Crippen molar-refractivity contribution in [1.29, 1.82) is 0 Å². The Morgan fingerprint density at radius 3 is 2.32 bits per heavy atom. The molecule has 0 atom stereocenters. The van der Waals surface area contributed by atoms with Crippen molar-refractivity contribution in [2.45, 2.75) is 25.2 Å². The highest BCUT2D eigenvalue weighted by Crippen LogP contribution is 2.30. The molecule has 6 nitrogen and oxygen atoms in total. The van der Waals surface area contributed by atoms with Crippen LogP contribution in [0.5, 0.6) is 5.75 Å². The van der Waals surface area contributed by atoms with E-state index in [0.717, 1.165) is 28.8 Å². The molecule has 0 bridgehead atoms. The number of methoxy groups -OCH3 is 1. The van der Waals surface area contributed by atoms with E-state index in [0.29, 0.717) is 5.69 Å². The van der Waals surface area contributed by atoms with Crippen LogP contribution in [0, 0.1) is 19.7 Å². The number of sulfonamides is 1. The zero-order valence-electron chi connectivity index (χ0n) is 17.4. The van der Waals surface area contributed by atoms with Crippen molar-refractivity contribution in [2.75, 3.05) is 17.1 Å². The number of hydrogen-bond acceptors (Lipinski definition) is 4. The first-order valence-corrected chi connectivity index (χ1v) is 11.0. The maximum Gasteiger partial charge on any atom is 0.262 e. The third kappa shape index (κ3) is 5.61. The molecular formula is C23H23FN2O4S. The molecule has 0 spiro atoms. The van der Waals surface area contributed by atoms with Crippen LogP contribution in [0.4, 0.5) is 15.8 Å². The summed E-state index contributed by atoms with van der Waals surface area (Å²) in [6, 6.07) is 14.9. The fraction of sp³-hybridized carbons (Fsp3) is 0.174. The number of aryl methyl sites for hydroxylation is 2. The fourth-order valence-electron chi connectivity index (χ4n) is 2.99. The maximum atomic E-state index is 13.1. The average molecular weight is 443 g/mol. The fourth-order valence-corrected chi connectivity index (χ4v) is 4.05. The summed E-state index contributed by atoms with van der Waals surface area (Å²) in [5, 5.41) is 2.77. The lowest BCUT2D eigenvalue weighted by Crippen LogP contribution is -2.16.